The first-order valence-electron chi connectivity index (χ1n) is 5.72. The number of phenolic OH excluding ortho intramolecular Hbond substituents is 1. The van der Waals surface area contributed by atoms with Crippen molar-refractivity contribution in [1.82, 2.24) is 10.4 Å². The lowest BCUT2D eigenvalue weighted by molar-refractivity contribution is 0.111. The third-order valence-electron chi connectivity index (χ3n) is 2.35. The van der Waals surface area contributed by atoms with Gasteiger partial charge in [-0.25, -0.2) is 15.2 Å². The van der Waals surface area contributed by atoms with E-state index in [0.717, 1.165) is 5.01 Å². The van der Waals surface area contributed by atoms with Gasteiger partial charge in [0.2, 0.25) is 0 Å². The van der Waals surface area contributed by atoms with Crippen LogP contribution in [0.5, 0.6) is 5.75 Å². The van der Waals surface area contributed by atoms with Gasteiger partial charge in [0.15, 0.2) is 0 Å². The van der Waals surface area contributed by atoms with Crippen molar-refractivity contribution in [2.24, 2.45) is 5.92 Å². The van der Waals surface area contributed by atoms with E-state index in [9.17, 15) is 9.90 Å². The Kier molecular flexibility index (Phi) is 5.90. The lowest BCUT2D eigenvalue weighted by atomic mass is 10.2. The summed E-state index contributed by atoms with van der Waals surface area (Å²) in [4.78, 5) is 11.0. The lowest BCUT2D eigenvalue weighted by Gasteiger charge is -2.22. The highest BCUT2D eigenvalue weighted by Gasteiger charge is 2.14. The summed E-state index contributed by atoms with van der Waals surface area (Å²) in [6.07, 6.45) is -1.06. The van der Waals surface area contributed by atoms with Crippen LogP contribution >= 0.6 is 27.5 Å². The number of carbonyl (C=O) groups is 1. The molecule has 0 unspecified atom stereocenters. The molecule has 1 amide bonds. The fourth-order valence-electron chi connectivity index (χ4n) is 1.51. The summed E-state index contributed by atoms with van der Waals surface area (Å²) in [5.41, 5.74) is 3.28. The van der Waals surface area contributed by atoms with Crippen LogP contribution in [-0.2, 0) is 6.54 Å². The molecule has 19 heavy (non-hydrogen) atoms. The second-order valence-corrected chi connectivity index (χ2v) is 5.81. The standard InChI is InChI=1S/C12H16BrClN2O3/c1-7(2)6-16(12(18)19)15-5-8-3-9(14)4-10(13)11(8)17/h3-4,7,15,17H,5-6H2,1-2H3,(H,18,19). The number of hydrogen-bond acceptors (Lipinski definition) is 3. The molecule has 1 aromatic carbocycles. The van der Waals surface area contributed by atoms with Gasteiger partial charge in [0.05, 0.1) is 4.47 Å². The third-order valence-corrected chi connectivity index (χ3v) is 3.17. The third kappa shape index (κ3) is 4.89. The zero-order chi connectivity index (χ0) is 14.6. The molecule has 0 heterocycles. The summed E-state index contributed by atoms with van der Waals surface area (Å²) in [6.45, 7) is 4.37. The molecule has 0 aliphatic carbocycles. The number of amides is 1. The fraction of sp³-hybridized carbons (Fsp3) is 0.417. The zero-order valence-corrected chi connectivity index (χ0v) is 13.0. The smallest absolute Gasteiger partial charge is 0.421 e. The van der Waals surface area contributed by atoms with Crippen LogP contribution in [-0.4, -0.2) is 27.9 Å². The van der Waals surface area contributed by atoms with E-state index in [1.54, 1.807) is 12.1 Å². The maximum Gasteiger partial charge on any atom is 0.421 e. The Morgan fingerprint density at radius 1 is 1.53 bits per heavy atom. The molecule has 0 atom stereocenters. The Balaban J connectivity index is 2.77. The topological polar surface area (TPSA) is 72.8 Å². The van der Waals surface area contributed by atoms with Crippen LogP contribution in [0, 0.1) is 5.92 Å². The number of nitrogens with one attached hydrogen (secondary N) is 1. The normalized spacial score (nSPS) is 10.8. The van der Waals surface area contributed by atoms with Crippen molar-refractivity contribution in [1.29, 1.82) is 0 Å². The molecule has 5 nitrogen and oxygen atoms in total. The van der Waals surface area contributed by atoms with Crippen LogP contribution in [0.15, 0.2) is 16.6 Å². The molecule has 7 heteroatoms. The Hall–Kier alpha value is -0.980. The Morgan fingerprint density at radius 2 is 2.16 bits per heavy atom. The van der Waals surface area contributed by atoms with Crippen molar-refractivity contribution in [2.75, 3.05) is 6.54 Å². The minimum Gasteiger partial charge on any atom is -0.506 e. The molecule has 0 fully saturated rings. The Bertz CT molecular complexity index is 469. The summed E-state index contributed by atoms with van der Waals surface area (Å²) in [7, 11) is 0. The molecule has 0 saturated carbocycles. The molecule has 1 rings (SSSR count). The predicted molar refractivity (Wildman–Crippen MR) is 77.2 cm³/mol. The van der Waals surface area contributed by atoms with Gasteiger partial charge in [0, 0.05) is 23.7 Å². The van der Waals surface area contributed by atoms with Crippen molar-refractivity contribution in [3.8, 4) is 5.75 Å². The first-order valence-corrected chi connectivity index (χ1v) is 6.89. The molecule has 0 radical (unpaired) electrons. The molecule has 0 aromatic heterocycles. The van der Waals surface area contributed by atoms with E-state index in [1.807, 2.05) is 13.8 Å². The number of aromatic hydroxyl groups is 1. The highest BCUT2D eigenvalue weighted by molar-refractivity contribution is 9.10. The fourth-order valence-corrected chi connectivity index (χ4v) is 2.38. The number of halogens is 2. The number of phenols is 1. The molecule has 1 aromatic rings. The van der Waals surface area contributed by atoms with Gasteiger partial charge in [-0.05, 0) is 34.0 Å². The van der Waals surface area contributed by atoms with E-state index < -0.39 is 6.09 Å². The second kappa shape index (κ2) is 6.98. The highest BCUT2D eigenvalue weighted by Crippen LogP contribution is 2.31. The van der Waals surface area contributed by atoms with Gasteiger partial charge < -0.3 is 10.2 Å². The summed E-state index contributed by atoms with van der Waals surface area (Å²) < 4.78 is 0.475. The monoisotopic (exact) mass is 350 g/mol. The number of carboxylic acid groups (broad SMARTS) is 1. The zero-order valence-electron chi connectivity index (χ0n) is 10.7. The maximum atomic E-state index is 11.0. The van der Waals surface area contributed by atoms with Crippen LogP contribution in [0.2, 0.25) is 5.02 Å². The van der Waals surface area contributed by atoms with Gasteiger partial charge in [0.1, 0.15) is 5.75 Å². The van der Waals surface area contributed by atoms with Crippen LogP contribution in [0.1, 0.15) is 19.4 Å². The number of hydrazine groups is 1. The SMILES string of the molecule is CC(C)CN(NCc1cc(Cl)cc(Br)c1O)C(=O)O. The molecular weight excluding hydrogens is 336 g/mol. The molecule has 106 valence electrons. The quantitative estimate of drug-likeness (QED) is 0.710. The second-order valence-electron chi connectivity index (χ2n) is 4.52. The van der Waals surface area contributed by atoms with E-state index in [2.05, 4.69) is 21.4 Å². The number of rotatable bonds is 5. The van der Waals surface area contributed by atoms with E-state index in [0.29, 0.717) is 21.6 Å². The first-order chi connectivity index (χ1) is 8.81. The maximum absolute atomic E-state index is 11.0. The average Bonchev–Trinajstić information content (AvgIpc) is 2.29. The number of hydrogen-bond donors (Lipinski definition) is 3. The summed E-state index contributed by atoms with van der Waals surface area (Å²) in [5, 5.41) is 20.4. The minimum atomic E-state index is -1.06. The molecule has 0 bridgehead atoms. The van der Waals surface area contributed by atoms with E-state index >= 15 is 0 Å². The summed E-state index contributed by atoms with van der Waals surface area (Å²) >= 11 is 9.07. The predicted octanol–water partition coefficient (Wildman–Crippen LogP) is 3.45. The first kappa shape index (κ1) is 16.1. The van der Waals surface area contributed by atoms with Gasteiger partial charge in [0.25, 0.3) is 0 Å². The van der Waals surface area contributed by atoms with Gasteiger partial charge >= 0.3 is 6.09 Å². The molecule has 3 N–H and O–H groups in total. The number of benzene rings is 1. The van der Waals surface area contributed by atoms with Gasteiger partial charge in [-0.2, -0.15) is 0 Å². The van der Waals surface area contributed by atoms with Gasteiger partial charge in [-0.1, -0.05) is 25.4 Å². The van der Waals surface area contributed by atoms with Gasteiger partial charge in [-0.15, -0.1) is 0 Å². The highest BCUT2D eigenvalue weighted by atomic mass is 79.9. The number of nitrogens with zero attached hydrogens (tertiary/aromatic N) is 1. The largest absolute Gasteiger partial charge is 0.506 e. The van der Waals surface area contributed by atoms with Crippen molar-refractivity contribution >= 4 is 33.6 Å². The van der Waals surface area contributed by atoms with E-state index in [-0.39, 0.29) is 18.2 Å². The van der Waals surface area contributed by atoms with Crippen molar-refractivity contribution < 1.29 is 15.0 Å². The average molecular weight is 352 g/mol. The van der Waals surface area contributed by atoms with Crippen molar-refractivity contribution in [2.45, 2.75) is 20.4 Å². The van der Waals surface area contributed by atoms with Crippen molar-refractivity contribution in [3.63, 3.8) is 0 Å². The minimum absolute atomic E-state index is 0.0479. The van der Waals surface area contributed by atoms with E-state index in [1.165, 1.54) is 0 Å². The lowest BCUT2D eigenvalue weighted by Crippen LogP contribution is -2.43. The molecule has 0 saturated heterocycles. The van der Waals surface area contributed by atoms with Crippen LogP contribution in [0.4, 0.5) is 4.79 Å². The molecular formula is C12H16BrClN2O3. The Labute approximate surface area is 125 Å². The molecule has 0 aliphatic heterocycles. The summed E-state index contributed by atoms with van der Waals surface area (Å²) in [6, 6.07) is 3.16. The van der Waals surface area contributed by atoms with Crippen LogP contribution in [0.3, 0.4) is 0 Å². The van der Waals surface area contributed by atoms with Gasteiger partial charge in [-0.3, -0.25) is 0 Å². The van der Waals surface area contributed by atoms with Crippen LogP contribution in [0.25, 0.3) is 0 Å². The summed E-state index contributed by atoms with van der Waals surface area (Å²) in [5.74, 6) is 0.245. The van der Waals surface area contributed by atoms with Crippen LogP contribution < -0.4 is 5.43 Å². The Morgan fingerprint density at radius 3 is 2.68 bits per heavy atom. The molecule has 0 aliphatic rings. The molecule has 0 spiro atoms. The van der Waals surface area contributed by atoms with E-state index in [4.69, 9.17) is 16.7 Å². The van der Waals surface area contributed by atoms with Crippen molar-refractivity contribution in [3.05, 3.63) is 27.2 Å².